The molecule has 0 unspecified atom stereocenters. The second-order valence-electron chi connectivity index (χ2n) is 20.9. The molecule has 1 aliphatic carbocycles. The van der Waals surface area contributed by atoms with Gasteiger partial charge in [0.2, 0.25) is 0 Å². The van der Waals surface area contributed by atoms with Gasteiger partial charge in [-0.05, 0) is 82.1 Å². The van der Waals surface area contributed by atoms with E-state index in [0.29, 0.717) is 40.4 Å². The van der Waals surface area contributed by atoms with Crippen LogP contribution in [0, 0.1) is 52.4 Å². The molecule has 0 amide bonds. The molecule has 2 aromatic heterocycles. The quantitative estimate of drug-likeness (QED) is 0.0910. The predicted molar refractivity (Wildman–Crippen MR) is 244 cm³/mol. The fraction of sp³-hybridized carbons (Fsp3) is 0.538. The number of aliphatic hydroxyl groups is 1. The first-order valence-electron chi connectivity index (χ1n) is 21.2. The van der Waals surface area contributed by atoms with Gasteiger partial charge in [-0.2, -0.15) is 0 Å². The van der Waals surface area contributed by atoms with Gasteiger partial charge in [0.1, 0.15) is 0 Å². The molecule has 6 rings (SSSR count). The van der Waals surface area contributed by atoms with E-state index in [1.807, 2.05) is 17.5 Å². The van der Waals surface area contributed by atoms with E-state index >= 15 is 0 Å². The summed E-state index contributed by atoms with van der Waals surface area (Å²) in [6.07, 6.45) is 7.27. The third-order valence-corrected chi connectivity index (χ3v) is 13.4. The molecular weight excluding hydrogens is 895 g/mol. The van der Waals surface area contributed by atoms with Crippen molar-refractivity contribution >= 4 is 48.1 Å². The molecule has 5 aromatic rings. The summed E-state index contributed by atoms with van der Waals surface area (Å²) in [6, 6.07) is 23.9. The molecule has 1 saturated carbocycles. The van der Waals surface area contributed by atoms with Gasteiger partial charge in [0.25, 0.3) is 0 Å². The van der Waals surface area contributed by atoms with Gasteiger partial charge in [-0.25, -0.2) is 0 Å². The van der Waals surface area contributed by atoms with Crippen LogP contribution in [0.15, 0.2) is 72.6 Å². The molecule has 0 aliphatic heterocycles. The minimum Gasteiger partial charge on any atom is -0.512 e. The summed E-state index contributed by atoms with van der Waals surface area (Å²) >= 11 is 1.94. The Morgan fingerprint density at radius 3 is 1.89 bits per heavy atom. The van der Waals surface area contributed by atoms with Crippen LogP contribution in [0.3, 0.4) is 0 Å². The van der Waals surface area contributed by atoms with Crippen LogP contribution in [0.1, 0.15) is 140 Å². The molecule has 0 atom stereocenters. The van der Waals surface area contributed by atoms with Crippen molar-refractivity contribution in [2.24, 2.45) is 46.3 Å². The van der Waals surface area contributed by atoms with Crippen LogP contribution >= 0.6 is 11.3 Å². The van der Waals surface area contributed by atoms with Crippen molar-refractivity contribution in [2.75, 3.05) is 0 Å². The maximum absolute atomic E-state index is 12.3. The van der Waals surface area contributed by atoms with Crippen molar-refractivity contribution in [3.8, 4) is 11.3 Å². The molecule has 0 saturated heterocycles. The minimum absolute atomic E-state index is 0. The van der Waals surface area contributed by atoms with Crippen molar-refractivity contribution in [3.63, 3.8) is 0 Å². The molecule has 311 valence electrons. The summed E-state index contributed by atoms with van der Waals surface area (Å²) in [4.78, 5) is 17.3. The Bertz CT molecular complexity index is 2160. The zero-order chi connectivity index (χ0) is 41.5. The molecular formula is C52H70IrNO2S-. The summed E-state index contributed by atoms with van der Waals surface area (Å²) < 4.78 is 2.73. The summed E-state index contributed by atoms with van der Waals surface area (Å²) in [6.45, 7) is 33.3. The number of rotatable bonds is 9. The van der Waals surface area contributed by atoms with Crippen molar-refractivity contribution in [1.29, 1.82) is 0 Å². The van der Waals surface area contributed by atoms with E-state index in [0.717, 1.165) is 16.6 Å². The molecule has 3 aromatic carbocycles. The number of benzene rings is 3. The van der Waals surface area contributed by atoms with Gasteiger partial charge in [0.05, 0.1) is 5.76 Å². The molecule has 2 heterocycles. The zero-order valence-corrected chi connectivity index (χ0v) is 40.8. The summed E-state index contributed by atoms with van der Waals surface area (Å²) in [5.74, 6) is 2.22. The van der Waals surface area contributed by atoms with Crippen molar-refractivity contribution in [2.45, 2.75) is 134 Å². The number of nitrogens with zero attached hydrogens (tertiary/aromatic N) is 1. The van der Waals surface area contributed by atoms with Crippen LogP contribution in [-0.4, -0.2) is 15.9 Å². The van der Waals surface area contributed by atoms with Crippen LogP contribution in [-0.2, 0) is 30.3 Å². The number of carbonyl (C=O) groups excluding carboxylic acids is 1. The van der Waals surface area contributed by atoms with Crippen LogP contribution in [0.2, 0.25) is 0 Å². The fourth-order valence-electron chi connectivity index (χ4n) is 10.5. The largest absolute Gasteiger partial charge is 0.512 e. The molecule has 3 nitrogen and oxygen atoms in total. The molecule has 1 fully saturated rings. The molecule has 1 radical (unpaired) electrons. The van der Waals surface area contributed by atoms with E-state index in [4.69, 9.17) is 4.98 Å². The normalized spacial score (nSPS) is 16.3. The summed E-state index contributed by atoms with van der Waals surface area (Å²) in [7, 11) is 0. The average Bonchev–Trinajstić information content (AvgIpc) is 3.44. The van der Waals surface area contributed by atoms with Crippen LogP contribution in [0.5, 0.6) is 0 Å². The first-order valence-corrected chi connectivity index (χ1v) is 22.0. The van der Waals surface area contributed by atoms with E-state index in [-0.39, 0.29) is 48.9 Å². The van der Waals surface area contributed by atoms with Gasteiger partial charge in [-0.15, -0.1) is 40.5 Å². The maximum Gasteiger partial charge on any atom is 0.162 e. The molecule has 1 N–H and O–H groups in total. The molecule has 0 bridgehead atoms. The number of fused-ring (bicyclic) bond motifs is 4. The standard InChI is InChI=1S/C35H38NS.C17H32O2.Ir/c1-33(2,3)29-18-23(17-22-11-8-9-12-25(22)29)30-32-28(15-16-36-30)27-14-10-13-26(31(27)37-32)24-19-34(4,5)21-35(6,7)20-24;1-10(2)16(11(3)4)14(18)9-15(19)17(12(5)6)13(7)8;/h8-16,18,24H,19-21H2,1-7H3;9-13,16-18H,1-8H3;/q-1;;/b;14-9-;. The van der Waals surface area contributed by atoms with Crippen LogP contribution in [0.4, 0.5) is 0 Å². The fourth-order valence-corrected chi connectivity index (χ4v) is 11.9. The monoisotopic (exact) mass is 965 g/mol. The maximum atomic E-state index is 12.3. The van der Waals surface area contributed by atoms with Gasteiger partial charge in [-0.3, -0.25) is 9.78 Å². The number of pyridine rings is 1. The number of hydrogen-bond acceptors (Lipinski definition) is 4. The molecule has 5 heteroatoms. The van der Waals surface area contributed by atoms with Gasteiger partial charge in [0.15, 0.2) is 5.78 Å². The van der Waals surface area contributed by atoms with Gasteiger partial charge < -0.3 is 5.11 Å². The SMILES string of the molecule is CC(C)C(C(=O)/C=C(\O)C(C(C)C)C(C)C)C(C)C.CC1(C)CC(c2cccc3c2sc2c(-c4[c-]c5ccccc5c(C(C)(C)C)c4)nccc23)CC(C)(C)C1.[Ir]. The van der Waals surface area contributed by atoms with Crippen molar-refractivity contribution in [1.82, 2.24) is 4.98 Å². The third-order valence-electron chi connectivity index (χ3n) is 12.1. The topological polar surface area (TPSA) is 50.2 Å². The van der Waals surface area contributed by atoms with E-state index in [1.165, 1.54) is 62.0 Å². The number of ketones is 1. The average molecular weight is 965 g/mol. The molecule has 1 aliphatic rings. The number of thiophene rings is 1. The predicted octanol–water partition coefficient (Wildman–Crippen LogP) is 15.5. The number of hydrogen-bond donors (Lipinski definition) is 1. The Morgan fingerprint density at radius 1 is 0.789 bits per heavy atom. The van der Waals surface area contributed by atoms with Crippen molar-refractivity contribution in [3.05, 3.63) is 89.8 Å². The minimum atomic E-state index is -0.0119. The zero-order valence-electron chi connectivity index (χ0n) is 37.6. The summed E-state index contributed by atoms with van der Waals surface area (Å²) in [5, 5.41) is 15.4. The Labute approximate surface area is 362 Å². The number of aromatic nitrogens is 1. The van der Waals surface area contributed by atoms with Crippen LogP contribution < -0.4 is 0 Å². The Hall–Kier alpha value is -2.85. The Balaban J connectivity index is 0.000000309. The van der Waals surface area contributed by atoms with Gasteiger partial charge in [0, 0.05) is 64.7 Å². The van der Waals surface area contributed by atoms with Crippen LogP contribution in [0.25, 0.3) is 42.2 Å². The third kappa shape index (κ3) is 10.7. The second kappa shape index (κ2) is 18.2. The number of aliphatic hydroxyl groups excluding tert-OH is 1. The summed E-state index contributed by atoms with van der Waals surface area (Å²) in [5.41, 5.74) is 5.80. The van der Waals surface area contributed by atoms with Gasteiger partial charge >= 0.3 is 0 Å². The Morgan fingerprint density at radius 2 is 1.33 bits per heavy atom. The molecule has 0 spiro atoms. The first-order chi connectivity index (χ1) is 26.0. The second-order valence-corrected chi connectivity index (χ2v) is 21.9. The first kappa shape index (κ1) is 46.8. The van der Waals surface area contributed by atoms with Gasteiger partial charge in [-0.1, -0.05) is 151 Å². The number of carbonyl (C=O) groups is 1. The van der Waals surface area contributed by atoms with Crippen molar-refractivity contribution < 1.29 is 30.0 Å². The molecule has 57 heavy (non-hydrogen) atoms. The number of allylic oxidation sites excluding steroid dienone is 2. The van der Waals surface area contributed by atoms with E-state index in [2.05, 4.69) is 165 Å². The Kier molecular flexibility index (Phi) is 14.9. The smallest absolute Gasteiger partial charge is 0.162 e. The van der Waals surface area contributed by atoms with E-state index in [9.17, 15) is 9.90 Å². The van der Waals surface area contributed by atoms with E-state index in [1.54, 1.807) is 0 Å². The van der Waals surface area contributed by atoms with E-state index < -0.39 is 0 Å².